The molecule has 13 heavy (non-hydrogen) atoms. The van der Waals surface area contributed by atoms with Gasteiger partial charge >= 0.3 is 6.03 Å². The third-order valence-corrected chi connectivity index (χ3v) is 2.00. The van der Waals surface area contributed by atoms with Gasteiger partial charge in [0.1, 0.15) is 0 Å². The fourth-order valence-corrected chi connectivity index (χ4v) is 1.16. The molecule has 1 rings (SSSR count). The van der Waals surface area contributed by atoms with Crippen LogP contribution in [0.15, 0.2) is 0 Å². The molecule has 4 heteroatoms. The minimum Gasteiger partial charge on any atom is -0.380 e. The Kier molecular flexibility index (Phi) is 3.14. The van der Waals surface area contributed by atoms with Gasteiger partial charge < -0.3 is 15.4 Å². The molecule has 0 unspecified atom stereocenters. The van der Waals surface area contributed by atoms with Gasteiger partial charge in [0.05, 0.1) is 13.2 Å². The maximum absolute atomic E-state index is 11.2. The topological polar surface area (TPSA) is 50.4 Å². The molecule has 0 aromatic carbocycles. The number of rotatable bonds is 3. The lowest BCUT2D eigenvalue weighted by Crippen LogP contribution is -2.51. The molecule has 1 saturated heterocycles. The summed E-state index contributed by atoms with van der Waals surface area (Å²) in [7, 11) is 0. The van der Waals surface area contributed by atoms with Crippen LogP contribution in [0.5, 0.6) is 0 Å². The van der Waals surface area contributed by atoms with E-state index in [4.69, 9.17) is 4.74 Å². The maximum atomic E-state index is 11.2. The van der Waals surface area contributed by atoms with Gasteiger partial charge in [0.25, 0.3) is 0 Å². The van der Waals surface area contributed by atoms with E-state index in [1.807, 2.05) is 13.8 Å². The highest BCUT2D eigenvalue weighted by molar-refractivity contribution is 5.74. The molecule has 1 aliphatic rings. The summed E-state index contributed by atoms with van der Waals surface area (Å²) < 4.78 is 5.08. The normalized spacial score (nSPS) is 19.4. The Labute approximate surface area is 79.0 Å². The van der Waals surface area contributed by atoms with Gasteiger partial charge in [-0.3, -0.25) is 0 Å². The number of hydrogen-bond acceptors (Lipinski definition) is 2. The molecule has 1 fully saturated rings. The molecule has 0 spiro atoms. The number of carbonyl (C=O) groups is 1. The summed E-state index contributed by atoms with van der Waals surface area (Å²) in [5.74, 6) is 0. The number of urea groups is 1. The van der Waals surface area contributed by atoms with Crippen LogP contribution in [-0.4, -0.2) is 31.8 Å². The van der Waals surface area contributed by atoms with E-state index in [2.05, 4.69) is 17.6 Å². The van der Waals surface area contributed by atoms with E-state index in [9.17, 15) is 4.79 Å². The van der Waals surface area contributed by atoms with Crippen molar-refractivity contribution in [2.75, 3.05) is 19.8 Å². The van der Waals surface area contributed by atoms with E-state index in [0.717, 1.165) is 13.2 Å². The van der Waals surface area contributed by atoms with Crippen molar-refractivity contribution in [3.05, 3.63) is 0 Å². The molecule has 4 nitrogen and oxygen atoms in total. The molecule has 2 N–H and O–H groups in total. The SMILES string of the molecule is CC(C)NC(=O)NCC1(C)COC1. The van der Waals surface area contributed by atoms with Crippen LogP contribution in [0.2, 0.25) is 0 Å². The second kappa shape index (κ2) is 3.96. The van der Waals surface area contributed by atoms with Crippen molar-refractivity contribution in [1.29, 1.82) is 0 Å². The van der Waals surface area contributed by atoms with Crippen LogP contribution >= 0.6 is 0 Å². The van der Waals surface area contributed by atoms with E-state index in [0.29, 0.717) is 6.54 Å². The molecule has 0 atom stereocenters. The fraction of sp³-hybridized carbons (Fsp3) is 0.889. The maximum Gasteiger partial charge on any atom is 0.315 e. The van der Waals surface area contributed by atoms with Gasteiger partial charge in [-0.2, -0.15) is 0 Å². The van der Waals surface area contributed by atoms with E-state index in [1.165, 1.54) is 0 Å². The highest BCUT2D eigenvalue weighted by atomic mass is 16.5. The fourth-order valence-electron chi connectivity index (χ4n) is 1.16. The first-order valence-corrected chi connectivity index (χ1v) is 4.64. The van der Waals surface area contributed by atoms with Crippen molar-refractivity contribution >= 4 is 6.03 Å². The third-order valence-electron chi connectivity index (χ3n) is 2.00. The van der Waals surface area contributed by atoms with Crippen molar-refractivity contribution in [2.24, 2.45) is 5.41 Å². The molecule has 0 radical (unpaired) electrons. The zero-order valence-electron chi connectivity index (χ0n) is 8.52. The highest BCUT2D eigenvalue weighted by Crippen LogP contribution is 2.24. The van der Waals surface area contributed by atoms with E-state index in [1.54, 1.807) is 0 Å². The first-order valence-electron chi connectivity index (χ1n) is 4.64. The smallest absolute Gasteiger partial charge is 0.315 e. The van der Waals surface area contributed by atoms with Gasteiger partial charge in [0.15, 0.2) is 0 Å². The summed E-state index contributed by atoms with van der Waals surface area (Å²) >= 11 is 0. The van der Waals surface area contributed by atoms with Gasteiger partial charge in [-0.15, -0.1) is 0 Å². The molecule has 0 aromatic rings. The molecule has 76 valence electrons. The van der Waals surface area contributed by atoms with Crippen molar-refractivity contribution in [2.45, 2.75) is 26.8 Å². The average molecular weight is 186 g/mol. The number of nitrogens with one attached hydrogen (secondary N) is 2. The minimum absolute atomic E-state index is 0.0943. The molecule has 0 aliphatic carbocycles. The quantitative estimate of drug-likeness (QED) is 0.682. The summed E-state index contributed by atoms with van der Waals surface area (Å²) in [5.41, 5.74) is 0.147. The summed E-state index contributed by atoms with van der Waals surface area (Å²) in [6.45, 7) is 8.16. The monoisotopic (exact) mass is 186 g/mol. The molecule has 1 aliphatic heterocycles. The lowest BCUT2D eigenvalue weighted by atomic mass is 9.89. The zero-order valence-corrected chi connectivity index (χ0v) is 8.52. The predicted octanol–water partition coefficient (Wildman–Crippen LogP) is 0.730. The number of carbonyl (C=O) groups excluding carboxylic acids is 1. The Morgan fingerprint density at radius 1 is 1.54 bits per heavy atom. The Balaban J connectivity index is 2.14. The first-order chi connectivity index (χ1) is 6.02. The Bertz CT molecular complexity index is 188. The largest absolute Gasteiger partial charge is 0.380 e. The van der Waals surface area contributed by atoms with Crippen LogP contribution in [0.1, 0.15) is 20.8 Å². The highest BCUT2D eigenvalue weighted by Gasteiger charge is 2.33. The Hall–Kier alpha value is -0.770. The minimum atomic E-state index is -0.0943. The zero-order chi connectivity index (χ0) is 9.90. The predicted molar refractivity (Wildman–Crippen MR) is 50.6 cm³/mol. The lowest BCUT2D eigenvalue weighted by Gasteiger charge is -2.38. The molecule has 0 aromatic heterocycles. The van der Waals surface area contributed by atoms with Crippen LogP contribution in [-0.2, 0) is 4.74 Å². The molecular formula is C9H18N2O2. The first kappa shape index (κ1) is 10.3. The lowest BCUT2D eigenvalue weighted by molar-refractivity contribution is -0.0975. The number of ether oxygens (including phenoxy) is 1. The Morgan fingerprint density at radius 2 is 2.15 bits per heavy atom. The van der Waals surface area contributed by atoms with Crippen molar-refractivity contribution in [3.63, 3.8) is 0 Å². The Morgan fingerprint density at radius 3 is 2.54 bits per heavy atom. The summed E-state index contributed by atoms with van der Waals surface area (Å²) in [5, 5.41) is 5.60. The van der Waals surface area contributed by atoms with Crippen LogP contribution in [0.4, 0.5) is 4.79 Å². The van der Waals surface area contributed by atoms with E-state index < -0.39 is 0 Å². The van der Waals surface area contributed by atoms with Crippen LogP contribution in [0.3, 0.4) is 0 Å². The van der Waals surface area contributed by atoms with Crippen molar-refractivity contribution < 1.29 is 9.53 Å². The summed E-state index contributed by atoms with van der Waals surface area (Å²) in [4.78, 5) is 11.2. The molecule has 1 heterocycles. The van der Waals surface area contributed by atoms with Gasteiger partial charge in [0.2, 0.25) is 0 Å². The standard InChI is InChI=1S/C9H18N2O2/c1-7(2)11-8(12)10-4-9(3)5-13-6-9/h7H,4-6H2,1-3H3,(H2,10,11,12). The number of amides is 2. The van der Waals surface area contributed by atoms with Crippen LogP contribution in [0.25, 0.3) is 0 Å². The van der Waals surface area contributed by atoms with Crippen LogP contribution < -0.4 is 10.6 Å². The van der Waals surface area contributed by atoms with E-state index in [-0.39, 0.29) is 17.5 Å². The second-order valence-corrected chi connectivity index (χ2v) is 4.29. The van der Waals surface area contributed by atoms with Crippen molar-refractivity contribution in [1.82, 2.24) is 10.6 Å². The second-order valence-electron chi connectivity index (χ2n) is 4.29. The van der Waals surface area contributed by atoms with Gasteiger partial charge in [-0.25, -0.2) is 4.79 Å². The average Bonchev–Trinajstić information content (AvgIpc) is 1.96. The number of hydrogen-bond donors (Lipinski definition) is 2. The van der Waals surface area contributed by atoms with Gasteiger partial charge in [-0.1, -0.05) is 6.92 Å². The molecule has 0 bridgehead atoms. The van der Waals surface area contributed by atoms with Gasteiger partial charge in [-0.05, 0) is 13.8 Å². The summed E-state index contributed by atoms with van der Waals surface area (Å²) in [6, 6.07) is 0.0913. The van der Waals surface area contributed by atoms with E-state index >= 15 is 0 Å². The van der Waals surface area contributed by atoms with Crippen LogP contribution in [0, 0.1) is 5.41 Å². The molecular weight excluding hydrogens is 168 g/mol. The third kappa shape index (κ3) is 3.22. The molecule has 2 amide bonds. The molecule has 0 saturated carbocycles. The van der Waals surface area contributed by atoms with Gasteiger partial charge in [0, 0.05) is 18.0 Å². The van der Waals surface area contributed by atoms with Crippen molar-refractivity contribution in [3.8, 4) is 0 Å². The summed E-state index contributed by atoms with van der Waals surface area (Å²) in [6.07, 6.45) is 0.